The molecule has 0 aliphatic carbocycles. The van der Waals surface area contributed by atoms with Crippen LogP contribution in [0.3, 0.4) is 0 Å². The van der Waals surface area contributed by atoms with E-state index in [1.807, 2.05) is 0 Å². The Hall–Kier alpha value is -0.940. The van der Waals surface area contributed by atoms with Gasteiger partial charge in [0.15, 0.2) is 11.4 Å². The number of nitrogens with zero attached hydrogens (tertiary/aromatic N) is 3. The maximum atomic E-state index is 11.3. The first-order chi connectivity index (χ1) is 10.0. The second-order valence-corrected chi connectivity index (χ2v) is 7.37. The Morgan fingerprint density at radius 2 is 2.10 bits per heavy atom. The lowest BCUT2D eigenvalue weighted by molar-refractivity contribution is 0.112. The molecule has 118 valence electrons. The SMILES string of the molecule is CCC(C)c1nc(N2CCC(CN(C)C)CC2)sc1C=O. The lowest BCUT2D eigenvalue weighted by Crippen LogP contribution is -2.37. The molecule has 0 bridgehead atoms. The second-order valence-electron chi connectivity index (χ2n) is 6.37. The highest BCUT2D eigenvalue weighted by atomic mass is 32.1. The summed E-state index contributed by atoms with van der Waals surface area (Å²) in [6.45, 7) is 7.58. The highest BCUT2D eigenvalue weighted by Crippen LogP contribution is 2.33. The van der Waals surface area contributed by atoms with E-state index in [0.29, 0.717) is 5.92 Å². The van der Waals surface area contributed by atoms with Crippen LogP contribution in [-0.2, 0) is 0 Å². The van der Waals surface area contributed by atoms with E-state index in [9.17, 15) is 4.79 Å². The maximum Gasteiger partial charge on any atom is 0.186 e. The van der Waals surface area contributed by atoms with Crippen molar-refractivity contribution in [1.29, 1.82) is 0 Å². The number of piperidine rings is 1. The molecule has 1 aliphatic rings. The number of thiazole rings is 1. The normalized spacial score (nSPS) is 18.2. The van der Waals surface area contributed by atoms with E-state index in [0.717, 1.165) is 47.4 Å². The van der Waals surface area contributed by atoms with Crippen molar-refractivity contribution in [3.8, 4) is 0 Å². The summed E-state index contributed by atoms with van der Waals surface area (Å²) in [6.07, 6.45) is 4.43. The highest BCUT2D eigenvalue weighted by molar-refractivity contribution is 7.17. The van der Waals surface area contributed by atoms with Gasteiger partial charge >= 0.3 is 0 Å². The molecule has 1 aromatic rings. The Kier molecular flexibility index (Phi) is 5.76. The van der Waals surface area contributed by atoms with Crippen LogP contribution < -0.4 is 4.90 Å². The molecular formula is C16H27N3OS. The molecule has 1 aromatic heterocycles. The molecule has 0 radical (unpaired) electrons. The summed E-state index contributed by atoms with van der Waals surface area (Å²) in [5.41, 5.74) is 0.989. The van der Waals surface area contributed by atoms with E-state index in [1.165, 1.54) is 19.4 Å². The van der Waals surface area contributed by atoms with Gasteiger partial charge in [0.2, 0.25) is 0 Å². The summed E-state index contributed by atoms with van der Waals surface area (Å²) in [6, 6.07) is 0. The van der Waals surface area contributed by atoms with Crippen LogP contribution in [0.2, 0.25) is 0 Å². The molecule has 2 rings (SSSR count). The predicted molar refractivity (Wildman–Crippen MR) is 89.7 cm³/mol. The fourth-order valence-corrected chi connectivity index (χ4v) is 3.97. The Balaban J connectivity index is 2.03. The first-order valence-corrected chi connectivity index (χ1v) is 8.72. The van der Waals surface area contributed by atoms with Crippen molar-refractivity contribution in [2.24, 2.45) is 5.92 Å². The van der Waals surface area contributed by atoms with Crippen molar-refractivity contribution < 1.29 is 4.79 Å². The van der Waals surface area contributed by atoms with Gasteiger partial charge in [-0.05, 0) is 45.2 Å². The maximum absolute atomic E-state index is 11.3. The molecule has 1 atom stereocenters. The molecule has 0 N–H and O–H groups in total. The Morgan fingerprint density at radius 3 is 2.62 bits per heavy atom. The summed E-state index contributed by atoms with van der Waals surface area (Å²) in [4.78, 5) is 21.5. The average Bonchev–Trinajstić information content (AvgIpc) is 2.91. The van der Waals surface area contributed by atoms with Crippen molar-refractivity contribution in [3.05, 3.63) is 10.6 Å². The summed E-state index contributed by atoms with van der Waals surface area (Å²) in [7, 11) is 4.28. The molecule has 5 heteroatoms. The molecule has 21 heavy (non-hydrogen) atoms. The van der Waals surface area contributed by atoms with Crippen LogP contribution in [0.15, 0.2) is 0 Å². The number of rotatable bonds is 6. The van der Waals surface area contributed by atoms with E-state index in [2.05, 4.69) is 37.7 Å². The zero-order chi connectivity index (χ0) is 15.4. The number of carbonyl (C=O) groups excluding carboxylic acids is 1. The van der Waals surface area contributed by atoms with Crippen molar-refractivity contribution in [2.45, 2.75) is 39.0 Å². The third-order valence-corrected chi connectivity index (χ3v) is 5.42. The van der Waals surface area contributed by atoms with Crippen LogP contribution in [-0.4, -0.2) is 49.9 Å². The lowest BCUT2D eigenvalue weighted by atomic mass is 9.97. The van der Waals surface area contributed by atoms with Crippen molar-refractivity contribution in [1.82, 2.24) is 9.88 Å². The number of aromatic nitrogens is 1. The van der Waals surface area contributed by atoms with Crippen molar-refractivity contribution in [3.63, 3.8) is 0 Å². The summed E-state index contributed by atoms with van der Waals surface area (Å²) >= 11 is 1.56. The second kappa shape index (κ2) is 7.36. The molecular weight excluding hydrogens is 282 g/mol. The average molecular weight is 309 g/mol. The Morgan fingerprint density at radius 1 is 1.43 bits per heavy atom. The molecule has 1 unspecified atom stereocenters. The van der Waals surface area contributed by atoms with Gasteiger partial charge in [-0.3, -0.25) is 4.79 Å². The molecule has 0 spiro atoms. The molecule has 1 saturated heterocycles. The third-order valence-electron chi connectivity index (χ3n) is 4.36. The molecule has 0 aromatic carbocycles. The minimum atomic E-state index is 0.362. The van der Waals surface area contributed by atoms with E-state index < -0.39 is 0 Å². The van der Waals surface area contributed by atoms with Gasteiger partial charge in [-0.2, -0.15) is 0 Å². The van der Waals surface area contributed by atoms with E-state index in [1.54, 1.807) is 11.3 Å². The minimum Gasteiger partial charge on any atom is -0.348 e. The fraction of sp³-hybridized carbons (Fsp3) is 0.750. The van der Waals surface area contributed by atoms with Gasteiger partial charge in [0.25, 0.3) is 0 Å². The number of hydrogen-bond donors (Lipinski definition) is 0. The summed E-state index contributed by atoms with van der Waals surface area (Å²) < 4.78 is 0. The molecule has 0 amide bonds. The van der Waals surface area contributed by atoms with Gasteiger partial charge in [-0.1, -0.05) is 25.2 Å². The molecule has 2 heterocycles. The number of carbonyl (C=O) groups is 1. The zero-order valence-corrected chi connectivity index (χ0v) is 14.4. The van der Waals surface area contributed by atoms with Crippen LogP contribution in [0, 0.1) is 5.92 Å². The quantitative estimate of drug-likeness (QED) is 0.756. The molecule has 4 nitrogen and oxygen atoms in total. The number of hydrogen-bond acceptors (Lipinski definition) is 5. The van der Waals surface area contributed by atoms with Gasteiger partial charge in [0.05, 0.1) is 10.6 Å². The molecule has 1 fully saturated rings. The van der Waals surface area contributed by atoms with Crippen LogP contribution in [0.25, 0.3) is 0 Å². The van der Waals surface area contributed by atoms with E-state index >= 15 is 0 Å². The minimum absolute atomic E-state index is 0.362. The summed E-state index contributed by atoms with van der Waals surface area (Å²) in [5, 5.41) is 1.04. The molecule has 1 aliphatic heterocycles. The third kappa shape index (κ3) is 4.04. The van der Waals surface area contributed by atoms with E-state index in [-0.39, 0.29) is 0 Å². The van der Waals surface area contributed by atoms with Gasteiger partial charge in [-0.15, -0.1) is 0 Å². The zero-order valence-electron chi connectivity index (χ0n) is 13.6. The standard InChI is InChI=1S/C16H27N3OS/c1-5-12(2)15-14(11-20)21-16(17-15)19-8-6-13(7-9-19)10-18(3)4/h11-13H,5-10H2,1-4H3. The van der Waals surface area contributed by atoms with Gasteiger partial charge in [0, 0.05) is 19.6 Å². The lowest BCUT2D eigenvalue weighted by Gasteiger charge is -2.33. The Labute approximate surface area is 132 Å². The van der Waals surface area contributed by atoms with Crippen molar-refractivity contribution in [2.75, 3.05) is 38.6 Å². The fourth-order valence-electron chi connectivity index (χ4n) is 2.92. The van der Waals surface area contributed by atoms with Crippen LogP contribution >= 0.6 is 11.3 Å². The monoisotopic (exact) mass is 309 g/mol. The van der Waals surface area contributed by atoms with Crippen LogP contribution in [0.1, 0.15) is 54.4 Å². The molecule has 0 saturated carbocycles. The smallest absolute Gasteiger partial charge is 0.186 e. The van der Waals surface area contributed by atoms with Gasteiger partial charge in [0.1, 0.15) is 0 Å². The predicted octanol–water partition coefficient (Wildman–Crippen LogP) is 3.25. The number of aldehydes is 1. The topological polar surface area (TPSA) is 36.4 Å². The van der Waals surface area contributed by atoms with Gasteiger partial charge in [-0.25, -0.2) is 4.98 Å². The van der Waals surface area contributed by atoms with Gasteiger partial charge < -0.3 is 9.80 Å². The first kappa shape index (κ1) is 16.4. The first-order valence-electron chi connectivity index (χ1n) is 7.90. The van der Waals surface area contributed by atoms with Crippen LogP contribution in [0.4, 0.5) is 5.13 Å². The van der Waals surface area contributed by atoms with Crippen molar-refractivity contribution >= 4 is 22.8 Å². The Bertz CT molecular complexity index is 464. The summed E-state index contributed by atoms with van der Waals surface area (Å²) in [5.74, 6) is 1.15. The van der Waals surface area contributed by atoms with E-state index in [4.69, 9.17) is 4.98 Å². The highest BCUT2D eigenvalue weighted by Gasteiger charge is 2.24. The van der Waals surface area contributed by atoms with Crippen LogP contribution in [0.5, 0.6) is 0 Å². The number of anilines is 1. The largest absolute Gasteiger partial charge is 0.348 e.